The summed E-state index contributed by atoms with van der Waals surface area (Å²) in [5, 5.41) is 8.10. The van der Waals surface area contributed by atoms with Crippen molar-refractivity contribution >= 4 is 23.0 Å². The molecule has 0 fully saturated rings. The fraction of sp³-hybridized carbons (Fsp3) is 0.250. The maximum atomic E-state index is 11.9. The van der Waals surface area contributed by atoms with E-state index in [1.165, 1.54) is 0 Å². The van der Waals surface area contributed by atoms with Gasteiger partial charge in [-0.15, -0.1) is 11.3 Å². The Hall–Kier alpha value is -2.14. The highest BCUT2D eigenvalue weighted by atomic mass is 32.1. The highest BCUT2D eigenvalue weighted by molar-refractivity contribution is 7.12. The van der Waals surface area contributed by atoms with Crippen molar-refractivity contribution in [2.24, 2.45) is 5.10 Å². The topological polar surface area (TPSA) is 41.9 Å². The molecule has 1 aliphatic rings. The van der Waals surface area contributed by atoms with Gasteiger partial charge in [0.05, 0.1) is 23.7 Å². The van der Waals surface area contributed by atoms with Crippen molar-refractivity contribution in [3.05, 3.63) is 52.2 Å². The number of amides is 1. The summed E-state index contributed by atoms with van der Waals surface area (Å²) in [6.07, 6.45) is 0.709. The SMILES string of the molecule is COc1ccccc1[C@@H]1CC(c2cccs2)=NN1C(C)=O. The molecular weight excluding hydrogens is 284 g/mol. The van der Waals surface area contributed by atoms with Crippen LogP contribution in [0.2, 0.25) is 0 Å². The molecule has 1 amide bonds. The van der Waals surface area contributed by atoms with Crippen LogP contribution in [-0.4, -0.2) is 23.7 Å². The molecule has 0 saturated heterocycles. The first-order valence-corrected chi connectivity index (χ1v) is 7.62. The molecule has 1 atom stereocenters. The van der Waals surface area contributed by atoms with Crippen LogP contribution in [0.15, 0.2) is 46.9 Å². The summed E-state index contributed by atoms with van der Waals surface area (Å²) in [5.41, 5.74) is 1.95. The first kappa shape index (κ1) is 13.8. The molecule has 3 rings (SSSR count). The minimum Gasteiger partial charge on any atom is -0.496 e. The Labute approximate surface area is 127 Å². The molecule has 0 aliphatic carbocycles. The molecule has 0 unspecified atom stereocenters. The quantitative estimate of drug-likeness (QED) is 0.871. The van der Waals surface area contributed by atoms with E-state index < -0.39 is 0 Å². The number of thiophene rings is 1. The number of carbonyl (C=O) groups excluding carboxylic acids is 1. The Morgan fingerprint density at radius 1 is 1.33 bits per heavy atom. The van der Waals surface area contributed by atoms with Gasteiger partial charge in [-0.05, 0) is 17.5 Å². The zero-order chi connectivity index (χ0) is 14.8. The van der Waals surface area contributed by atoms with Gasteiger partial charge in [-0.3, -0.25) is 4.79 Å². The second-order valence-electron chi connectivity index (χ2n) is 4.85. The van der Waals surface area contributed by atoms with Crippen LogP contribution < -0.4 is 4.74 Å². The van der Waals surface area contributed by atoms with E-state index in [0.717, 1.165) is 21.9 Å². The normalized spacial score (nSPS) is 17.7. The first-order valence-electron chi connectivity index (χ1n) is 6.74. The smallest absolute Gasteiger partial charge is 0.240 e. The van der Waals surface area contributed by atoms with Gasteiger partial charge in [0.15, 0.2) is 0 Å². The van der Waals surface area contributed by atoms with Crippen LogP contribution in [0, 0.1) is 0 Å². The summed E-state index contributed by atoms with van der Waals surface area (Å²) < 4.78 is 5.43. The fourth-order valence-electron chi connectivity index (χ4n) is 2.58. The minimum atomic E-state index is -0.101. The van der Waals surface area contributed by atoms with Crippen molar-refractivity contribution in [1.82, 2.24) is 5.01 Å². The van der Waals surface area contributed by atoms with Crippen LogP contribution in [0.3, 0.4) is 0 Å². The first-order chi connectivity index (χ1) is 10.2. The lowest BCUT2D eigenvalue weighted by molar-refractivity contribution is -0.130. The standard InChI is InChI=1S/C16H16N2O2S/c1-11(19)18-14(12-6-3-4-7-15(12)20-2)10-13(17-18)16-8-5-9-21-16/h3-9,14H,10H2,1-2H3/t14-/m0/s1. The van der Waals surface area contributed by atoms with Gasteiger partial charge in [-0.25, -0.2) is 5.01 Å². The van der Waals surface area contributed by atoms with E-state index >= 15 is 0 Å². The third-order valence-corrected chi connectivity index (χ3v) is 4.46. The van der Waals surface area contributed by atoms with Crippen LogP contribution in [0.5, 0.6) is 5.75 Å². The van der Waals surface area contributed by atoms with Crippen LogP contribution in [0.1, 0.15) is 29.8 Å². The van der Waals surface area contributed by atoms with Gasteiger partial charge in [0.1, 0.15) is 5.75 Å². The third-order valence-electron chi connectivity index (χ3n) is 3.54. The summed E-state index contributed by atoms with van der Waals surface area (Å²) in [4.78, 5) is 13.0. The second kappa shape index (κ2) is 5.69. The van der Waals surface area contributed by atoms with E-state index in [0.29, 0.717) is 6.42 Å². The van der Waals surface area contributed by atoms with Crippen LogP contribution in [-0.2, 0) is 4.79 Å². The summed E-state index contributed by atoms with van der Waals surface area (Å²) in [7, 11) is 1.65. The molecule has 108 valence electrons. The zero-order valence-corrected chi connectivity index (χ0v) is 12.8. The average Bonchev–Trinajstić information content (AvgIpc) is 3.16. The molecule has 0 spiro atoms. The molecule has 1 aromatic carbocycles. The molecule has 21 heavy (non-hydrogen) atoms. The van der Waals surface area contributed by atoms with Gasteiger partial charge >= 0.3 is 0 Å². The van der Waals surface area contributed by atoms with E-state index in [2.05, 4.69) is 5.10 Å². The Morgan fingerprint density at radius 2 is 2.14 bits per heavy atom. The molecule has 1 aliphatic heterocycles. The number of hydrogen-bond donors (Lipinski definition) is 0. The number of nitrogens with zero attached hydrogens (tertiary/aromatic N) is 2. The monoisotopic (exact) mass is 300 g/mol. The summed E-state index contributed by atoms with van der Waals surface area (Å²) in [6, 6.07) is 11.7. The molecule has 4 nitrogen and oxygen atoms in total. The van der Waals surface area contributed by atoms with Gasteiger partial charge in [-0.1, -0.05) is 24.3 Å². The molecule has 5 heteroatoms. The van der Waals surface area contributed by atoms with Crippen molar-refractivity contribution in [3.8, 4) is 5.75 Å². The van der Waals surface area contributed by atoms with E-state index in [9.17, 15) is 4.79 Å². The van der Waals surface area contributed by atoms with E-state index in [1.54, 1.807) is 30.4 Å². The predicted octanol–water partition coefficient (Wildman–Crippen LogP) is 3.45. The number of hydrogen-bond acceptors (Lipinski definition) is 4. The zero-order valence-electron chi connectivity index (χ0n) is 11.9. The average molecular weight is 300 g/mol. The predicted molar refractivity (Wildman–Crippen MR) is 83.7 cm³/mol. The summed E-state index contributed by atoms with van der Waals surface area (Å²) in [5.74, 6) is 0.730. The summed E-state index contributed by atoms with van der Waals surface area (Å²) in [6.45, 7) is 1.54. The minimum absolute atomic E-state index is 0.0579. The Kier molecular flexibility index (Phi) is 3.75. The molecule has 2 aromatic rings. The van der Waals surface area contributed by atoms with E-state index in [-0.39, 0.29) is 11.9 Å². The van der Waals surface area contributed by atoms with E-state index in [1.807, 2.05) is 41.8 Å². The molecule has 0 radical (unpaired) electrons. The number of benzene rings is 1. The number of carbonyl (C=O) groups is 1. The number of para-hydroxylation sites is 1. The van der Waals surface area contributed by atoms with Gasteiger partial charge in [-0.2, -0.15) is 5.10 Å². The third kappa shape index (κ3) is 2.56. The number of rotatable bonds is 3. The van der Waals surface area contributed by atoms with Crippen LogP contribution >= 0.6 is 11.3 Å². The molecule has 0 saturated carbocycles. The summed E-state index contributed by atoms with van der Waals surface area (Å²) >= 11 is 1.64. The lowest BCUT2D eigenvalue weighted by Gasteiger charge is -2.22. The fourth-order valence-corrected chi connectivity index (χ4v) is 3.30. The number of ether oxygens (including phenoxy) is 1. The van der Waals surface area contributed by atoms with Crippen molar-refractivity contribution in [1.29, 1.82) is 0 Å². The maximum Gasteiger partial charge on any atom is 0.240 e. The molecule has 0 N–H and O–H groups in total. The Bertz CT molecular complexity index is 679. The molecule has 2 heterocycles. The van der Waals surface area contributed by atoms with Crippen molar-refractivity contribution < 1.29 is 9.53 Å². The maximum absolute atomic E-state index is 11.9. The van der Waals surface area contributed by atoms with Crippen LogP contribution in [0.25, 0.3) is 0 Å². The lowest BCUT2D eigenvalue weighted by Crippen LogP contribution is -2.24. The Morgan fingerprint density at radius 3 is 2.81 bits per heavy atom. The van der Waals surface area contributed by atoms with Gasteiger partial charge in [0.25, 0.3) is 0 Å². The molecule has 0 bridgehead atoms. The molecule has 1 aromatic heterocycles. The van der Waals surface area contributed by atoms with Gasteiger partial charge < -0.3 is 4.74 Å². The highest BCUT2D eigenvalue weighted by Crippen LogP contribution is 2.37. The lowest BCUT2D eigenvalue weighted by atomic mass is 10.00. The van der Waals surface area contributed by atoms with Crippen molar-refractivity contribution in [3.63, 3.8) is 0 Å². The number of methoxy groups -OCH3 is 1. The van der Waals surface area contributed by atoms with Crippen molar-refractivity contribution in [2.75, 3.05) is 7.11 Å². The van der Waals surface area contributed by atoms with E-state index in [4.69, 9.17) is 4.74 Å². The Balaban J connectivity index is 1.98. The van der Waals surface area contributed by atoms with Crippen LogP contribution in [0.4, 0.5) is 0 Å². The molecular formula is C16H16N2O2S. The van der Waals surface area contributed by atoms with Gasteiger partial charge in [0.2, 0.25) is 5.91 Å². The highest BCUT2D eigenvalue weighted by Gasteiger charge is 2.33. The largest absolute Gasteiger partial charge is 0.496 e. The second-order valence-corrected chi connectivity index (χ2v) is 5.80. The number of hydrazone groups is 1. The van der Waals surface area contributed by atoms with Gasteiger partial charge in [0, 0.05) is 18.9 Å². The van der Waals surface area contributed by atoms with Crippen molar-refractivity contribution in [2.45, 2.75) is 19.4 Å².